The highest BCUT2D eigenvalue weighted by atomic mass is 16.6. The Hall–Kier alpha value is -3.15. The molecular formula is C30H37N3O2. The van der Waals surface area contributed by atoms with E-state index in [9.17, 15) is 0 Å². The lowest BCUT2D eigenvalue weighted by Crippen LogP contribution is -2.53. The maximum atomic E-state index is 6.01. The molecule has 0 amide bonds. The molecule has 0 aliphatic carbocycles. The summed E-state index contributed by atoms with van der Waals surface area (Å²) >= 11 is 0. The molecule has 35 heavy (non-hydrogen) atoms. The first-order valence-corrected chi connectivity index (χ1v) is 12.5. The summed E-state index contributed by atoms with van der Waals surface area (Å²) in [6, 6.07) is 29.6. The van der Waals surface area contributed by atoms with Gasteiger partial charge >= 0.3 is 0 Å². The zero-order chi connectivity index (χ0) is 24.5. The van der Waals surface area contributed by atoms with Crippen LogP contribution in [0.5, 0.6) is 0 Å². The summed E-state index contributed by atoms with van der Waals surface area (Å²) in [6.07, 6.45) is 1.74. The van der Waals surface area contributed by atoms with Crippen molar-refractivity contribution in [3.63, 3.8) is 0 Å². The van der Waals surface area contributed by atoms with Gasteiger partial charge in [-0.3, -0.25) is 4.90 Å². The van der Waals surface area contributed by atoms with Gasteiger partial charge in [0.25, 0.3) is 0 Å². The summed E-state index contributed by atoms with van der Waals surface area (Å²) in [5.41, 5.74) is 5.33. The van der Waals surface area contributed by atoms with E-state index in [1.807, 2.05) is 18.2 Å². The lowest BCUT2D eigenvalue weighted by atomic mass is 9.79. The molecular weight excluding hydrogens is 434 g/mol. The maximum Gasteiger partial charge on any atom is 0.142 e. The Kier molecular flexibility index (Phi) is 8.56. The van der Waals surface area contributed by atoms with Gasteiger partial charge in [-0.2, -0.15) is 0 Å². The van der Waals surface area contributed by atoms with Gasteiger partial charge in [0.2, 0.25) is 0 Å². The highest BCUT2D eigenvalue weighted by Crippen LogP contribution is 2.30. The van der Waals surface area contributed by atoms with Crippen molar-refractivity contribution in [2.24, 2.45) is 5.16 Å². The van der Waals surface area contributed by atoms with Crippen LogP contribution in [0.2, 0.25) is 0 Å². The monoisotopic (exact) mass is 471 g/mol. The summed E-state index contributed by atoms with van der Waals surface area (Å²) in [6.45, 7) is 6.07. The molecule has 0 N–H and O–H groups in total. The molecule has 0 bridgehead atoms. The predicted octanol–water partition coefficient (Wildman–Crippen LogP) is 5.40. The summed E-state index contributed by atoms with van der Waals surface area (Å²) in [5, 5.41) is 4.83. The largest absolute Gasteiger partial charge is 0.391 e. The van der Waals surface area contributed by atoms with Gasteiger partial charge in [0.05, 0.1) is 18.8 Å². The fraction of sp³-hybridized carbons (Fsp3) is 0.367. The van der Waals surface area contributed by atoms with E-state index >= 15 is 0 Å². The lowest BCUT2D eigenvalue weighted by Gasteiger charge is -2.40. The van der Waals surface area contributed by atoms with E-state index in [-0.39, 0.29) is 5.54 Å². The van der Waals surface area contributed by atoms with Crippen LogP contribution in [0.3, 0.4) is 0 Å². The quantitative estimate of drug-likeness (QED) is 0.293. The molecule has 1 unspecified atom stereocenters. The number of morpholine rings is 1. The Balaban J connectivity index is 1.69. The molecule has 0 saturated carbocycles. The molecule has 1 aliphatic heterocycles. The third-order valence-corrected chi connectivity index (χ3v) is 6.97. The van der Waals surface area contributed by atoms with Gasteiger partial charge in [-0.1, -0.05) is 84.9 Å². The Morgan fingerprint density at radius 2 is 1.49 bits per heavy atom. The van der Waals surface area contributed by atoms with Gasteiger partial charge in [0, 0.05) is 24.3 Å². The van der Waals surface area contributed by atoms with Crippen LogP contribution >= 0.6 is 0 Å². The first kappa shape index (κ1) is 25.0. The Morgan fingerprint density at radius 1 is 0.886 bits per heavy atom. The van der Waals surface area contributed by atoms with Gasteiger partial charge in [0.15, 0.2) is 0 Å². The fourth-order valence-corrected chi connectivity index (χ4v) is 4.80. The summed E-state index contributed by atoms with van der Waals surface area (Å²) < 4.78 is 5.52. The van der Waals surface area contributed by atoms with E-state index < -0.39 is 0 Å². The first-order chi connectivity index (χ1) is 17.1. The molecule has 0 aromatic heterocycles. The van der Waals surface area contributed by atoms with Crippen molar-refractivity contribution in [1.29, 1.82) is 0 Å². The number of hydrogen-bond donors (Lipinski definition) is 0. The Morgan fingerprint density at radius 3 is 2.06 bits per heavy atom. The molecule has 4 rings (SSSR count). The van der Waals surface area contributed by atoms with Crippen LogP contribution in [0.1, 0.15) is 30.0 Å². The zero-order valence-electron chi connectivity index (χ0n) is 21.2. The van der Waals surface area contributed by atoms with Crippen LogP contribution in [0.25, 0.3) is 0 Å². The molecule has 1 saturated heterocycles. The molecule has 0 spiro atoms. The average molecular weight is 472 g/mol. The minimum Gasteiger partial charge on any atom is -0.391 e. The molecule has 1 atom stereocenters. The number of benzene rings is 3. The van der Waals surface area contributed by atoms with Crippen LogP contribution in [0.4, 0.5) is 5.69 Å². The molecule has 3 aromatic rings. The summed E-state index contributed by atoms with van der Waals surface area (Å²) in [4.78, 5) is 10.7. The predicted molar refractivity (Wildman–Crippen MR) is 144 cm³/mol. The number of oxime groups is 1. The maximum absolute atomic E-state index is 6.01. The van der Waals surface area contributed by atoms with Crippen molar-refractivity contribution in [2.45, 2.75) is 31.9 Å². The zero-order valence-corrected chi connectivity index (χ0v) is 21.2. The summed E-state index contributed by atoms with van der Waals surface area (Å²) in [7, 11) is 4.28. The van der Waals surface area contributed by atoms with Gasteiger partial charge in [-0.25, -0.2) is 0 Å². The SMILES string of the molecule is CCC(Cc1ccccc1)(/C(=N/OCc1ccccc1)c1ccc(N2CCOCC2)cc1)N(C)C. The highest BCUT2D eigenvalue weighted by Gasteiger charge is 2.38. The van der Waals surface area contributed by atoms with Crippen LogP contribution in [0.15, 0.2) is 90.1 Å². The van der Waals surface area contributed by atoms with E-state index in [2.05, 4.69) is 97.5 Å². The third kappa shape index (κ3) is 6.11. The van der Waals surface area contributed by atoms with Crippen molar-refractivity contribution in [3.05, 3.63) is 102 Å². The molecule has 5 heteroatoms. The van der Waals surface area contributed by atoms with Gasteiger partial charge in [-0.05, 0) is 50.2 Å². The molecule has 1 aliphatic rings. The fourth-order valence-electron chi connectivity index (χ4n) is 4.80. The minimum absolute atomic E-state index is 0.321. The van der Waals surface area contributed by atoms with Crippen molar-refractivity contribution in [3.8, 4) is 0 Å². The van der Waals surface area contributed by atoms with Crippen molar-refractivity contribution in [1.82, 2.24) is 4.90 Å². The van der Waals surface area contributed by atoms with Crippen molar-refractivity contribution < 1.29 is 9.57 Å². The Bertz CT molecular complexity index is 1060. The van der Waals surface area contributed by atoms with E-state index in [4.69, 9.17) is 14.7 Å². The molecule has 1 heterocycles. The number of hydrogen-bond acceptors (Lipinski definition) is 5. The third-order valence-electron chi connectivity index (χ3n) is 6.97. The van der Waals surface area contributed by atoms with E-state index in [1.165, 1.54) is 11.3 Å². The number of nitrogens with zero attached hydrogens (tertiary/aromatic N) is 3. The van der Waals surface area contributed by atoms with Crippen LogP contribution < -0.4 is 4.90 Å². The number of anilines is 1. The van der Waals surface area contributed by atoms with Crippen LogP contribution in [-0.4, -0.2) is 56.5 Å². The highest BCUT2D eigenvalue weighted by molar-refractivity contribution is 6.07. The van der Waals surface area contributed by atoms with E-state index in [0.717, 1.165) is 56.0 Å². The lowest BCUT2D eigenvalue weighted by molar-refractivity contribution is 0.122. The molecule has 5 nitrogen and oxygen atoms in total. The number of rotatable bonds is 10. The molecule has 0 radical (unpaired) electrons. The smallest absolute Gasteiger partial charge is 0.142 e. The molecule has 3 aromatic carbocycles. The standard InChI is InChI=1S/C30H37N3O2/c1-4-30(32(2)3,23-25-11-7-5-8-12-25)29(31-35-24-26-13-9-6-10-14-26)27-15-17-28(18-16-27)33-19-21-34-22-20-33/h5-18H,4,19-24H2,1-3H3/b31-29+. The van der Waals surface area contributed by atoms with Crippen LogP contribution in [0, 0.1) is 0 Å². The summed E-state index contributed by atoms with van der Waals surface area (Å²) in [5.74, 6) is 0. The number of likely N-dealkylation sites (N-methyl/N-ethyl adjacent to an activating group) is 1. The topological polar surface area (TPSA) is 37.3 Å². The Labute approximate surface area is 210 Å². The first-order valence-electron chi connectivity index (χ1n) is 12.5. The second kappa shape index (κ2) is 12.0. The minimum atomic E-state index is -0.321. The molecule has 1 fully saturated rings. The van der Waals surface area contributed by atoms with Gasteiger partial charge in [0.1, 0.15) is 12.3 Å². The van der Waals surface area contributed by atoms with E-state index in [0.29, 0.717) is 6.61 Å². The number of ether oxygens (including phenoxy) is 1. The van der Waals surface area contributed by atoms with Crippen molar-refractivity contribution >= 4 is 11.4 Å². The average Bonchev–Trinajstić information content (AvgIpc) is 2.92. The second-order valence-electron chi connectivity index (χ2n) is 9.29. The van der Waals surface area contributed by atoms with E-state index in [1.54, 1.807) is 0 Å². The van der Waals surface area contributed by atoms with Gasteiger partial charge < -0.3 is 14.5 Å². The normalized spacial score (nSPS) is 16.2. The second-order valence-corrected chi connectivity index (χ2v) is 9.29. The van der Waals surface area contributed by atoms with Crippen molar-refractivity contribution in [2.75, 3.05) is 45.3 Å². The van der Waals surface area contributed by atoms with Crippen LogP contribution in [-0.2, 0) is 22.6 Å². The van der Waals surface area contributed by atoms with Gasteiger partial charge in [-0.15, -0.1) is 0 Å². The molecule has 184 valence electrons.